The number of carbonyl (C=O) groups excluding carboxylic acids is 2. The summed E-state index contributed by atoms with van der Waals surface area (Å²) in [5, 5.41) is -0.494. The summed E-state index contributed by atoms with van der Waals surface area (Å²) in [6, 6.07) is 17.3. The fourth-order valence-corrected chi connectivity index (χ4v) is 8.17. The van der Waals surface area contributed by atoms with Gasteiger partial charge >= 0.3 is 11.0 Å². The van der Waals surface area contributed by atoms with Crippen LogP contribution in [0.2, 0.25) is 0 Å². The summed E-state index contributed by atoms with van der Waals surface area (Å²) in [6.07, 6.45) is -4.64. The number of fused-ring (bicyclic) bond motifs is 2. The molecule has 210 valence electrons. The predicted octanol–water partition coefficient (Wildman–Crippen LogP) is 6.90. The van der Waals surface area contributed by atoms with Crippen molar-refractivity contribution in [1.29, 1.82) is 0 Å². The van der Waals surface area contributed by atoms with Crippen LogP contribution in [0.15, 0.2) is 81.0 Å². The number of aromatic nitrogens is 1. The lowest BCUT2D eigenvalue weighted by Gasteiger charge is -2.31. The number of thioether (sulfide) groups is 1. The molecule has 0 bridgehead atoms. The highest BCUT2D eigenvalue weighted by atomic mass is 79.9. The van der Waals surface area contributed by atoms with Gasteiger partial charge in [0.1, 0.15) is 17.6 Å². The van der Waals surface area contributed by atoms with Crippen molar-refractivity contribution in [3.8, 4) is 5.75 Å². The average Bonchev–Trinajstić information content (AvgIpc) is 3.41. The van der Waals surface area contributed by atoms with Gasteiger partial charge in [-0.15, -0.1) is 0 Å². The first kappa shape index (κ1) is 27.8. The van der Waals surface area contributed by atoms with E-state index >= 15 is 0 Å². The van der Waals surface area contributed by atoms with Crippen LogP contribution in [0.25, 0.3) is 0 Å². The van der Waals surface area contributed by atoms with Crippen molar-refractivity contribution < 1.29 is 27.5 Å². The molecular weight excluding hydrogens is 641 g/mol. The highest BCUT2D eigenvalue weighted by Gasteiger charge is 2.57. The summed E-state index contributed by atoms with van der Waals surface area (Å²) in [5.41, 5.74) is 1.49. The maximum atomic E-state index is 14.0. The molecule has 3 atom stereocenters. The lowest BCUT2D eigenvalue weighted by Crippen LogP contribution is -2.32. The number of halogens is 4. The number of anilines is 1. The number of hydrogen-bond donors (Lipinski definition) is 1. The molecule has 1 fully saturated rings. The third kappa shape index (κ3) is 5.13. The maximum absolute atomic E-state index is 14.0. The van der Waals surface area contributed by atoms with E-state index in [1.807, 2.05) is 31.2 Å². The van der Waals surface area contributed by atoms with Gasteiger partial charge in [-0.1, -0.05) is 74.9 Å². The molecule has 0 saturated carbocycles. The van der Waals surface area contributed by atoms with Crippen LogP contribution in [0.4, 0.5) is 18.9 Å². The second-order valence-corrected chi connectivity index (χ2v) is 12.9. The van der Waals surface area contributed by atoms with Gasteiger partial charge in [0.05, 0.1) is 22.2 Å². The molecule has 6 nitrogen and oxygen atoms in total. The number of aromatic amines is 1. The smallest absolute Gasteiger partial charge is 0.416 e. The van der Waals surface area contributed by atoms with Gasteiger partial charge in [-0.3, -0.25) is 14.4 Å². The minimum atomic E-state index is -4.64. The van der Waals surface area contributed by atoms with Crippen molar-refractivity contribution in [2.75, 3.05) is 4.90 Å². The Morgan fingerprint density at radius 1 is 1.00 bits per heavy atom. The highest BCUT2D eigenvalue weighted by Crippen LogP contribution is 2.55. The van der Waals surface area contributed by atoms with Gasteiger partial charge in [-0.05, 0) is 48.9 Å². The number of carbonyl (C=O) groups is 2. The largest absolute Gasteiger partial charge is 0.489 e. The van der Waals surface area contributed by atoms with Crippen molar-refractivity contribution in [2.24, 2.45) is 5.92 Å². The van der Waals surface area contributed by atoms with Gasteiger partial charge in [0.15, 0.2) is 0 Å². The standard InChI is InChI=1S/C29H20BrF3N2O4S2/c1-14-4-2-5-15(10-14)13-39-20-9-8-17(30)12-19(20)21-22-24(40-25-23(21)41-28(38)34-25)27(37)35(26(22)36)18-7-3-6-16(11-18)29(31,32)33/h2-12,21-22,24H,13H2,1H3,(H,34,38)/t21-,22-,24+/m0/s1. The minimum Gasteiger partial charge on any atom is -0.489 e. The predicted molar refractivity (Wildman–Crippen MR) is 154 cm³/mol. The van der Waals surface area contributed by atoms with Crippen LogP contribution in [0.1, 0.15) is 33.0 Å². The van der Waals surface area contributed by atoms with Crippen molar-refractivity contribution in [1.82, 2.24) is 4.98 Å². The molecule has 1 aromatic heterocycles. The molecule has 0 radical (unpaired) electrons. The van der Waals surface area contributed by atoms with Gasteiger partial charge in [0.25, 0.3) is 0 Å². The van der Waals surface area contributed by atoms with Crippen LogP contribution in [0.3, 0.4) is 0 Å². The molecule has 41 heavy (non-hydrogen) atoms. The number of thiazole rings is 1. The van der Waals surface area contributed by atoms with Gasteiger partial charge < -0.3 is 9.72 Å². The second-order valence-electron chi connectivity index (χ2n) is 9.77. The summed E-state index contributed by atoms with van der Waals surface area (Å²) in [6.45, 7) is 2.22. The second kappa shape index (κ2) is 10.5. The zero-order chi connectivity index (χ0) is 29.1. The van der Waals surface area contributed by atoms with Crippen LogP contribution < -0.4 is 14.5 Å². The zero-order valence-electron chi connectivity index (χ0n) is 21.2. The van der Waals surface area contributed by atoms with Crippen LogP contribution in [-0.2, 0) is 22.4 Å². The lowest BCUT2D eigenvalue weighted by molar-refractivity contribution is -0.137. The Balaban J connectivity index is 1.44. The molecule has 3 heterocycles. The lowest BCUT2D eigenvalue weighted by atomic mass is 9.82. The van der Waals surface area contributed by atoms with Crippen molar-refractivity contribution in [3.05, 3.63) is 108 Å². The topological polar surface area (TPSA) is 79.5 Å². The number of benzene rings is 3. The highest BCUT2D eigenvalue weighted by molar-refractivity contribution is 9.10. The Kier molecular flexibility index (Phi) is 7.11. The number of nitrogens with zero attached hydrogens (tertiary/aromatic N) is 1. The summed E-state index contributed by atoms with van der Waals surface area (Å²) in [4.78, 5) is 44.0. The molecule has 4 aromatic rings. The fourth-order valence-electron chi connectivity index (χ4n) is 5.28. The van der Waals surface area contributed by atoms with Crippen LogP contribution in [0.5, 0.6) is 5.75 Å². The number of nitrogens with one attached hydrogen (secondary N) is 1. The van der Waals surface area contributed by atoms with Gasteiger partial charge in [0.2, 0.25) is 11.8 Å². The minimum absolute atomic E-state index is 0.148. The van der Waals surface area contributed by atoms with E-state index in [1.54, 1.807) is 18.2 Å². The Morgan fingerprint density at radius 3 is 2.54 bits per heavy atom. The monoisotopic (exact) mass is 660 g/mol. The Hall–Kier alpha value is -3.35. The molecule has 3 aromatic carbocycles. The summed E-state index contributed by atoms with van der Waals surface area (Å²) < 4.78 is 47.3. The average molecular weight is 662 g/mol. The van der Waals surface area contributed by atoms with E-state index in [4.69, 9.17) is 4.74 Å². The van der Waals surface area contributed by atoms with Crippen molar-refractivity contribution in [2.45, 2.75) is 35.9 Å². The van der Waals surface area contributed by atoms with E-state index in [0.717, 1.165) is 51.3 Å². The van der Waals surface area contributed by atoms with E-state index in [-0.39, 0.29) is 17.2 Å². The fraction of sp³-hybridized carbons (Fsp3) is 0.207. The summed E-state index contributed by atoms with van der Waals surface area (Å²) in [7, 11) is 0. The van der Waals surface area contributed by atoms with E-state index < -0.39 is 40.6 Å². The Bertz CT molecular complexity index is 1750. The number of amides is 2. The summed E-state index contributed by atoms with van der Waals surface area (Å²) >= 11 is 5.49. The number of aryl methyl sites for hydroxylation is 1. The quantitative estimate of drug-likeness (QED) is 0.236. The first-order valence-corrected chi connectivity index (χ1v) is 14.9. The molecule has 0 aliphatic carbocycles. The van der Waals surface area contributed by atoms with E-state index in [2.05, 4.69) is 20.9 Å². The third-order valence-electron chi connectivity index (χ3n) is 7.04. The van der Waals surface area contributed by atoms with E-state index in [1.165, 1.54) is 12.1 Å². The Morgan fingerprint density at radius 2 is 1.78 bits per heavy atom. The maximum Gasteiger partial charge on any atom is 0.416 e. The number of H-pyrrole nitrogens is 1. The number of imide groups is 1. The molecule has 2 aliphatic heterocycles. The molecule has 0 spiro atoms. The number of hydrogen-bond acceptors (Lipinski definition) is 6. The first-order valence-electron chi connectivity index (χ1n) is 12.4. The van der Waals surface area contributed by atoms with E-state index in [9.17, 15) is 27.6 Å². The molecule has 2 amide bonds. The SMILES string of the molecule is Cc1cccc(COc2ccc(Br)cc2[C@@H]2c3sc(=O)[nH]c3S[C@H]3C(=O)N(c4cccc(C(F)(F)F)c4)C(=O)[C@@H]23)c1. The third-order valence-corrected chi connectivity index (χ3v) is 9.93. The number of alkyl halides is 3. The molecule has 1 saturated heterocycles. The van der Waals surface area contributed by atoms with Crippen molar-refractivity contribution in [3.63, 3.8) is 0 Å². The molecule has 6 rings (SSSR count). The molecule has 12 heteroatoms. The Labute approximate surface area is 248 Å². The molecule has 2 aliphatic rings. The summed E-state index contributed by atoms with van der Waals surface area (Å²) in [5.74, 6) is -2.53. The van der Waals surface area contributed by atoms with Crippen LogP contribution in [-0.4, -0.2) is 22.0 Å². The van der Waals surface area contributed by atoms with Gasteiger partial charge in [-0.2, -0.15) is 13.2 Å². The van der Waals surface area contributed by atoms with E-state index in [0.29, 0.717) is 25.7 Å². The molecule has 1 N–H and O–H groups in total. The first-order chi connectivity index (χ1) is 19.5. The number of rotatable bonds is 5. The van der Waals surface area contributed by atoms with Gasteiger partial charge in [0, 0.05) is 20.8 Å². The van der Waals surface area contributed by atoms with Crippen LogP contribution in [0, 0.1) is 12.8 Å². The normalized spacial score (nSPS) is 20.2. The zero-order valence-corrected chi connectivity index (χ0v) is 24.4. The molecule has 0 unspecified atom stereocenters. The molecular formula is C29H20BrF3N2O4S2. The number of ether oxygens (including phenoxy) is 1. The van der Waals surface area contributed by atoms with Crippen molar-refractivity contribution >= 4 is 56.5 Å². The van der Waals surface area contributed by atoms with Gasteiger partial charge in [-0.25, -0.2) is 4.90 Å². The van der Waals surface area contributed by atoms with Crippen LogP contribution >= 0.6 is 39.0 Å².